The number of carbonyl (C=O) groups is 2. The van der Waals surface area contributed by atoms with Crippen LogP contribution in [0.5, 0.6) is 0 Å². The van der Waals surface area contributed by atoms with E-state index < -0.39 is 5.97 Å². The first-order valence-electron chi connectivity index (χ1n) is 6.28. The molecule has 0 bridgehead atoms. The summed E-state index contributed by atoms with van der Waals surface area (Å²) in [6, 6.07) is -0.276. The lowest BCUT2D eigenvalue weighted by molar-refractivity contribution is -0.137. The second-order valence-electron chi connectivity index (χ2n) is 4.61. The maximum absolute atomic E-state index is 12.2. The molecule has 2 N–H and O–H groups in total. The molecule has 0 heterocycles. The van der Waals surface area contributed by atoms with E-state index >= 15 is 0 Å². The molecule has 2 amide bonds. The van der Waals surface area contributed by atoms with Crippen molar-refractivity contribution in [3.63, 3.8) is 0 Å². The van der Waals surface area contributed by atoms with Gasteiger partial charge in [-0.15, -0.1) is 0 Å². The Kier molecular flexibility index (Phi) is 8.11. The van der Waals surface area contributed by atoms with E-state index in [-0.39, 0.29) is 25.1 Å². The van der Waals surface area contributed by atoms with Gasteiger partial charge in [0.1, 0.15) is 6.54 Å². The summed E-state index contributed by atoms with van der Waals surface area (Å²) >= 11 is 0. The van der Waals surface area contributed by atoms with Crippen LogP contribution < -0.4 is 0 Å². The van der Waals surface area contributed by atoms with Crippen molar-refractivity contribution >= 4 is 12.0 Å². The number of urea groups is 1. The Morgan fingerprint density at radius 3 is 2.22 bits per heavy atom. The molecule has 6 nitrogen and oxygen atoms in total. The number of aliphatic hydroxyl groups is 1. The van der Waals surface area contributed by atoms with Crippen LogP contribution in [-0.2, 0) is 4.79 Å². The summed E-state index contributed by atoms with van der Waals surface area (Å²) < 4.78 is 0. The Morgan fingerprint density at radius 2 is 1.83 bits per heavy atom. The van der Waals surface area contributed by atoms with E-state index in [1.165, 1.54) is 4.90 Å². The topological polar surface area (TPSA) is 81.1 Å². The van der Waals surface area contributed by atoms with Crippen LogP contribution in [0, 0.1) is 5.92 Å². The minimum absolute atomic E-state index is 0.0207. The summed E-state index contributed by atoms with van der Waals surface area (Å²) in [5.74, 6) is -0.799. The number of hydrogen-bond donors (Lipinski definition) is 2. The molecule has 0 radical (unpaired) electrons. The number of amides is 2. The second-order valence-corrected chi connectivity index (χ2v) is 4.61. The fourth-order valence-corrected chi connectivity index (χ4v) is 1.66. The first kappa shape index (κ1) is 16.7. The lowest BCUT2D eigenvalue weighted by atomic mass is 10.2. The van der Waals surface area contributed by atoms with Gasteiger partial charge < -0.3 is 20.0 Å². The van der Waals surface area contributed by atoms with Crippen molar-refractivity contribution in [3.05, 3.63) is 0 Å². The third kappa shape index (κ3) is 6.44. The summed E-state index contributed by atoms with van der Waals surface area (Å²) in [7, 11) is 0. The van der Waals surface area contributed by atoms with E-state index in [9.17, 15) is 9.59 Å². The molecule has 0 aromatic rings. The summed E-state index contributed by atoms with van der Waals surface area (Å²) in [5.41, 5.74) is 0. The number of carboxylic acids is 1. The van der Waals surface area contributed by atoms with E-state index in [2.05, 4.69) is 0 Å². The molecule has 18 heavy (non-hydrogen) atoms. The van der Waals surface area contributed by atoms with E-state index in [1.54, 1.807) is 4.90 Å². The van der Waals surface area contributed by atoms with Crippen molar-refractivity contribution in [1.82, 2.24) is 9.80 Å². The van der Waals surface area contributed by atoms with Crippen LogP contribution >= 0.6 is 0 Å². The Bertz CT molecular complexity index is 269. The molecule has 0 aliphatic carbocycles. The first-order chi connectivity index (χ1) is 8.42. The maximum Gasteiger partial charge on any atom is 0.323 e. The van der Waals surface area contributed by atoms with Gasteiger partial charge >= 0.3 is 12.0 Å². The molecular weight excluding hydrogens is 236 g/mol. The van der Waals surface area contributed by atoms with Gasteiger partial charge in [0.25, 0.3) is 0 Å². The Morgan fingerprint density at radius 1 is 1.22 bits per heavy atom. The number of hydrogen-bond acceptors (Lipinski definition) is 3. The molecule has 106 valence electrons. The Balaban J connectivity index is 4.62. The summed E-state index contributed by atoms with van der Waals surface area (Å²) in [5, 5.41) is 17.6. The summed E-state index contributed by atoms with van der Waals surface area (Å²) in [4.78, 5) is 25.8. The zero-order chi connectivity index (χ0) is 14.1. The van der Waals surface area contributed by atoms with Crippen molar-refractivity contribution < 1.29 is 19.8 Å². The van der Waals surface area contributed by atoms with Gasteiger partial charge in [0.15, 0.2) is 0 Å². The van der Waals surface area contributed by atoms with Crippen LogP contribution in [0.1, 0.15) is 27.2 Å². The van der Waals surface area contributed by atoms with E-state index in [0.717, 1.165) is 0 Å². The minimum Gasteiger partial charge on any atom is -0.480 e. The summed E-state index contributed by atoms with van der Waals surface area (Å²) in [6.45, 7) is 6.81. The summed E-state index contributed by atoms with van der Waals surface area (Å²) in [6.07, 6.45) is 0.502. The predicted molar refractivity (Wildman–Crippen MR) is 68.4 cm³/mol. The number of aliphatic carboxylic acids is 1. The molecule has 0 fully saturated rings. The minimum atomic E-state index is -1.01. The normalized spacial score (nSPS) is 10.5. The number of nitrogens with zero attached hydrogens (tertiary/aromatic N) is 2. The van der Waals surface area contributed by atoms with Gasteiger partial charge in [-0.25, -0.2) is 4.79 Å². The number of carboxylic acid groups (broad SMARTS) is 1. The number of carbonyl (C=O) groups excluding carboxylic acids is 1. The molecule has 0 atom stereocenters. The third-order valence-corrected chi connectivity index (χ3v) is 2.42. The largest absolute Gasteiger partial charge is 0.480 e. The van der Waals surface area contributed by atoms with Crippen LogP contribution in [-0.4, -0.2) is 64.8 Å². The van der Waals surface area contributed by atoms with Crippen molar-refractivity contribution in [2.45, 2.75) is 27.2 Å². The Labute approximate surface area is 108 Å². The average Bonchev–Trinajstić information content (AvgIpc) is 2.27. The van der Waals surface area contributed by atoms with E-state index in [0.29, 0.717) is 26.1 Å². The molecule has 0 aromatic heterocycles. The SMILES string of the molecule is CCN(CCCO)C(=O)N(CC(=O)O)CC(C)C. The highest BCUT2D eigenvalue weighted by atomic mass is 16.4. The lowest BCUT2D eigenvalue weighted by Gasteiger charge is -2.30. The van der Waals surface area contributed by atoms with Crippen LogP contribution in [0.25, 0.3) is 0 Å². The van der Waals surface area contributed by atoms with Gasteiger partial charge in [0.05, 0.1) is 0 Å². The molecule has 6 heteroatoms. The van der Waals surface area contributed by atoms with E-state index in [4.69, 9.17) is 10.2 Å². The monoisotopic (exact) mass is 260 g/mol. The highest BCUT2D eigenvalue weighted by Gasteiger charge is 2.22. The van der Waals surface area contributed by atoms with Gasteiger partial charge in [-0.05, 0) is 19.3 Å². The van der Waals surface area contributed by atoms with Gasteiger partial charge in [-0.2, -0.15) is 0 Å². The van der Waals surface area contributed by atoms with Gasteiger partial charge in [0, 0.05) is 26.2 Å². The highest BCUT2D eigenvalue weighted by molar-refractivity contribution is 5.80. The molecule has 0 aliphatic rings. The number of rotatable bonds is 8. The maximum atomic E-state index is 12.2. The molecular formula is C12H24N2O4. The third-order valence-electron chi connectivity index (χ3n) is 2.42. The zero-order valence-corrected chi connectivity index (χ0v) is 11.4. The van der Waals surface area contributed by atoms with Gasteiger partial charge in [-0.1, -0.05) is 13.8 Å². The van der Waals surface area contributed by atoms with Crippen LogP contribution in [0.2, 0.25) is 0 Å². The molecule has 0 spiro atoms. The predicted octanol–water partition coefficient (Wildman–Crippen LogP) is 0.853. The highest BCUT2D eigenvalue weighted by Crippen LogP contribution is 2.05. The van der Waals surface area contributed by atoms with Crippen molar-refractivity contribution in [2.75, 3.05) is 32.8 Å². The molecule has 0 aliphatic heterocycles. The van der Waals surface area contributed by atoms with Gasteiger partial charge in [-0.3, -0.25) is 4.79 Å². The standard InChI is InChI=1S/C12H24N2O4/c1-4-13(6-5-7-15)12(18)14(8-10(2)3)9-11(16)17/h10,15H,4-9H2,1-3H3,(H,16,17). The van der Waals surface area contributed by atoms with Crippen LogP contribution in [0.3, 0.4) is 0 Å². The molecule has 0 saturated heterocycles. The van der Waals surface area contributed by atoms with E-state index in [1.807, 2.05) is 20.8 Å². The van der Waals surface area contributed by atoms with Crippen molar-refractivity contribution in [3.8, 4) is 0 Å². The number of aliphatic hydroxyl groups excluding tert-OH is 1. The molecule has 0 aromatic carbocycles. The van der Waals surface area contributed by atoms with Crippen molar-refractivity contribution in [1.29, 1.82) is 0 Å². The fraction of sp³-hybridized carbons (Fsp3) is 0.833. The van der Waals surface area contributed by atoms with Crippen molar-refractivity contribution in [2.24, 2.45) is 5.92 Å². The first-order valence-corrected chi connectivity index (χ1v) is 6.28. The molecule has 0 unspecified atom stereocenters. The quantitative estimate of drug-likeness (QED) is 0.678. The van der Waals surface area contributed by atoms with Crippen LogP contribution in [0.15, 0.2) is 0 Å². The van der Waals surface area contributed by atoms with Gasteiger partial charge in [0.2, 0.25) is 0 Å². The molecule has 0 rings (SSSR count). The smallest absolute Gasteiger partial charge is 0.323 e. The average molecular weight is 260 g/mol. The lowest BCUT2D eigenvalue weighted by Crippen LogP contribution is -2.47. The zero-order valence-electron chi connectivity index (χ0n) is 11.4. The van der Waals surface area contributed by atoms with Crippen LogP contribution in [0.4, 0.5) is 4.79 Å². The Hall–Kier alpha value is -1.30. The second kappa shape index (κ2) is 8.74. The molecule has 0 saturated carbocycles. The fourth-order valence-electron chi connectivity index (χ4n) is 1.66.